The van der Waals surface area contributed by atoms with E-state index in [1.807, 2.05) is 0 Å². The number of amides is 1. The third-order valence-corrected chi connectivity index (χ3v) is 6.74. The number of imidazole rings is 1. The van der Waals surface area contributed by atoms with E-state index < -0.39 is 35.8 Å². The van der Waals surface area contributed by atoms with E-state index in [-0.39, 0.29) is 48.2 Å². The van der Waals surface area contributed by atoms with Crippen molar-refractivity contribution in [3.8, 4) is 5.75 Å². The van der Waals surface area contributed by atoms with Crippen LogP contribution in [0.15, 0.2) is 41.7 Å². The Morgan fingerprint density at radius 1 is 1.15 bits per heavy atom. The second kappa shape index (κ2) is 12.9. The van der Waals surface area contributed by atoms with E-state index in [9.17, 15) is 27.0 Å². The van der Waals surface area contributed by atoms with Crippen LogP contribution in [0, 0.1) is 6.92 Å². The lowest BCUT2D eigenvalue weighted by atomic mass is 10.2. The predicted molar refractivity (Wildman–Crippen MR) is 136 cm³/mol. The Labute approximate surface area is 225 Å². The minimum Gasteiger partial charge on any atom is -0.484 e. The molecule has 0 fully saturated rings. The Morgan fingerprint density at radius 2 is 1.87 bits per heavy atom. The second-order valence-corrected chi connectivity index (χ2v) is 9.94. The summed E-state index contributed by atoms with van der Waals surface area (Å²) in [5, 5.41) is -0.0547. The van der Waals surface area contributed by atoms with Gasteiger partial charge in [-0.25, -0.2) is 19.1 Å². The Balaban J connectivity index is 1.91. The van der Waals surface area contributed by atoms with Crippen molar-refractivity contribution in [2.24, 2.45) is 0 Å². The summed E-state index contributed by atoms with van der Waals surface area (Å²) in [7, 11) is -1.93. The van der Waals surface area contributed by atoms with Gasteiger partial charge in [-0.05, 0) is 45.9 Å². The number of rotatable bonds is 10. The van der Waals surface area contributed by atoms with Crippen LogP contribution < -0.4 is 4.74 Å². The molecule has 0 aliphatic carbocycles. The summed E-state index contributed by atoms with van der Waals surface area (Å²) >= 11 is 0. The number of nitrogens with zero attached hydrogens (tertiary/aromatic N) is 4. The molecular weight excluding hydrogens is 541 g/mol. The fourth-order valence-corrected chi connectivity index (χ4v) is 4.89. The van der Waals surface area contributed by atoms with Gasteiger partial charge in [-0.15, -0.1) is 0 Å². The molecule has 0 saturated heterocycles. The molecule has 0 radical (unpaired) electrons. The molecule has 10 nitrogen and oxygen atoms in total. The third kappa shape index (κ3) is 7.68. The van der Waals surface area contributed by atoms with Crippen LogP contribution in [-0.4, -0.2) is 74.4 Å². The van der Waals surface area contributed by atoms with Gasteiger partial charge in [0.15, 0.2) is 6.61 Å². The van der Waals surface area contributed by atoms with Gasteiger partial charge in [-0.3, -0.25) is 9.19 Å². The van der Waals surface area contributed by atoms with Crippen LogP contribution in [0.25, 0.3) is 11.0 Å². The van der Waals surface area contributed by atoms with Gasteiger partial charge in [-0.2, -0.15) is 13.2 Å². The standard InChI is InChI=1S/C25H29F3N4O6S/c1-5-36-24(34)37-13-12-31(16(2)3)23(33)32-20-9-7-6-8-18(20)30-22(32)39(35)14-19-17(4)21(10-11-29-19)38-15-25(26,27)28/h6-11,16H,5,12-15H2,1-4H3. The zero-order valence-electron chi connectivity index (χ0n) is 21.9. The molecule has 3 aromatic rings. The molecule has 212 valence electrons. The SMILES string of the molecule is CCOC(=O)OCCN(C(=O)n1c(S(=O)Cc2nccc(OCC(F)(F)F)c2C)nc2ccccc21)C(C)C. The highest BCUT2D eigenvalue weighted by Crippen LogP contribution is 2.26. The molecule has 1 atom stereocenters. The Morgan fingerprint density at radius 3 is 2.54 bits per heavy atom. The molecule has 1 amide bonds. The first-order valence-corrected chi connectivity index (χ1v) is 13.3. The van der Waals surface area contributed by atoms with Crippen LogP contribution in [0.1, 0.15) is 32.0 Å². The van der Waals surface area contributed by atoms with Crippen LogP contribution in [0.4, 0.5) is 22.8 Å². The smallest absolute Gasteiger partial charge is 0.484 e. The number of para-hydroxylation sites is 2. The van der Waals surface area contributed by atoms with Gasteiger partial charge in [0.05, 0.1) is 46.4 Å². The summed E-state index contributed by atoms with van der Waals surface area (Å²) < 4.78 is 67.3. The van der Waals surface area contributed by atoms with Crippen LogP contribution in [-0.2, 0) is 26.0 Å². The number of benzene rings is 1. The number of fused-ring (bicyclic) bond motifs is 1. The highest BCUT2D eigenvalue weighted by molar-refractivity contribution is 7.84. The molecule has 0 saturated carbocycles. The van der Waals surface area contributed by atoms with Gasteiger partial charge in [0.25, 0.3) is 0 Å². The van der Waals surface area contributed by atoms with Crippen molar-refractivity contribution in [3.63, 3.8) is 0 Å². The predicted octanol–water partition coefficient (Wildman–Crippen LogP) is 4.84. The number of pyridine rings is 1. The molecule has 0 spiro atoms. The van der Waals surface area contributed by atoms with E-state index in [0.717, 1.165) is 0 Å². The Bertz CT molecular complexity index is 1350. The maximum atomic E-state index is 13.7. The first-order valence-electron chi connectivity index (χ1n) is 12.0. The Hall–Kier alpha value is -3.68. The zero-order chi connectivity index (χ0) is 28.7. The fourth-order valence-electron chi connectivity index (χ4n) is 3.64. The zero-order valence-corrected chi connectivity index (χ0v) is 22.7. The van der Waals surface area contributed by atoms with Crippen molar-refractivity contribution >= 4 is 34.0 Å². The van der Waals surface area contributed by atoms with Crippen LogP contribution in [0.2, 0.25) is 0 Å². The molecule has 3 rings (SSSR count). The minimum absolute atomic E-state index is 0.0349. The molecule has 2 heterocycles. The average Bonchev–Trinajstić information content (AvgIpc) is 3.26. The lowest BCUT2D eigenvalue weighted by Gasteiger charge is -2.27. The Kier molecular flexibility index (Phi) is 9.89. The lowest BCUT2D eigenvalue weighted by molar-refractivity contribution is -0.153. The third-order valence-electron chi connectivity index (χ3n) is 5.53. The fraction of sp³-hybridized carbons (Fsp3) is 0.440. The number of halogens is 3. The highest BCUT2D eigenvalue weighted by atomic mass is 32.2. The maximum Gasteiger partial charge on any atom is 0.508 e. The summed E-state index contributed by atoms with van der Waals surface area (Å²) in [6, 6.07) is 7.18. The molecule has 14 heteroatoms. The summed E-state index contributed by atoms with van der Waals surface area (Å²) in [6.07, 6.45) is -4.11. The first-order chi connectivity index (χ1) is 18.4. The van der Waals surface area contributed by atoms with Crippen LogP contribution in [0.3, 0.4) is 0 Å². The molecule has 2 aromatic heterocycles. The number of aromatic nitrogens is 3. The summed E-state index contributed by atoms with van der Waals surface area (Å²) in [5.41, 5.74) is 1.37. The highest BCUT2D eigenvalue weighted by Gasteiger charge is 2.30. The number of hydrogen-bond donors (Lipinski definition) is 0. The van der Waals surface area contributed by atoms with E-state index in [1.165, 1.54) is 28.7 Å². The molecule has 0 aliphatic heterocycles. The second-order valence-electron chi connectivity index (χ2n) is 8.59. The van der Waals surface area contributed by atoms with Gasteiger partial charge in [0.2, 0.25) is 5.16 Å². The molecule has 0 bridgehead atoms. The lowest BCUT2D eigenvalue weighted by Crippen LogP contribution is -2.42. The van der Waals surface area contributed by atoms with E-state index >= 15 is 0 Å². The van der Waals surface area contributed by atoms with Crippen molar-refractivity contribution in [1.29, 1.82) is 0 Å². The number of carbonyl (C=O) groups excluding carboxylic acids is 2. The molecule has 39 heavy (non-hydrogen) atoms. The largest absolute Gasteiger partial charge is 0.508 e. The summed E-state index contributed by atoms with van der Waals surface area (Å²) in [6.45, 7) is 5.29. The van der Waals surface area contributed by atoms with E-state index in [2.05, 4.69) is 9.97 Å². The molecular formula is C25H29F3N4O6S. The number of ether oxygens (including phenoxy) is 3. The van der Waals surface area contributed by atoms with Crippen molar-refractivity contribution in [1.82, 2.24) is 19.4 Å². The normalized spacial score (nSPS) is 12.4. The average molecular weight is 571 g/mol. The number of carbonyl (C=O) groups is 2. The van der Waals surface area contributed by atoms with Gasteiger partial charge in [-0.1, -0.05) is 12.1 Å². The van der Waals surface area contributed by atoms with E-state index in [4.69, 9.17) is 14.2 Å². The number of hydrogen-bond acceptors (Lipinski definition) is 8. The van der Waals surface area contributed by atoms with Gasteiger partial charge in [0.1, 0.15) is 12.4 Å². The van der Waals surface area contributed by atoms with Gasteiger partial charge in [0, 0.05) is 17.8 Å². The van der Waals surface area contributed by atoms with Crippen LogP contribution in [0.5, 0.6) is 5.75 Å². The minimum atomic E-state index is -4.52. The van der Waals surface area contributed by atoms with Crippen LogP contribution >= 0.6 is 0 Å². The topological polar surface area (TPSA) is 113 Å². The van der Waals surface area contributed by atoms with Crippen molar-refractivity contribution in [3.05, 3.63) is 47.8 Å². The molecule has 0 aliphatic rings. The monoisotopic (exact) mass is 570 g/mol. The first kappa shape index (κ1) is 29.9. The van der Waals surface area contributed by atoms with Gasteiger partial charge < -0.3 is 19.1 Å². The summed E-state index contributed by atoms with van der Waals surface area (Å²) in [4.78, 5) is 35.3. The molecule has 1 aromatic carbocycles. The van der Waals surface area contributed by atoms with Crippen molar-refractivity contribution in [2.45, 2.75) is 50.8 Å². The maximum absolute atomic E-state index is 13.7. The number of alkyl halides is 3. The van der Waals surface area contributed by atoms with Crippen molar-refractivity contribution < 1.29 is 41.2 Å². The molecule has 0 N–H and O–H groups in total. The van der Waals surface area contributed by atoms with E-state index in [0.29, 0.717) is 16.6 Å². The van der Waals surface area contributed by atoms with Crippen molar-refractivity contribution in [2.75, 3.05) is 26.4 Å². The van der Waals surface area contributed by atoms with Gasteiger partial charge >= 0.3 is 18.4 Å². The van der Waals surface area contributed by atoms with E-state index in [1.54, 1.807) is 45.0 Å². The quantitative estimate of drug-likeness (QED) is 0.318. The summed E-state index contributed by atoms with van der Waals surface area (Å²) in [5.74, 6) is -0.259. The molecule has 1 unspecified atom stereocenters.